The van der Waals surface area contributed by atoms with Gasteiger partial charge in [-0.05, 0) is 44.4 Å². The van der Waals surface area contributed by atoms with E-state index in [0.717, 1.165) is 23.7 Å². The maximum Gasteiger partial charge on any atom is 0.267 e. The largest absolute Gasteiger partial charge is 0.382 e. The zero-order chi connectivity index (χ0) is 24.5. The van der Waals surface area contributed by atoms with Gasteiger partial charge in [0.15, 0.2) is 9.84 Å². The second-order valence-electron chi connectivity index (χ2n) is 8.15. The molecule has 1 N–H and O–H groups in total. The average Bonchev–Trinajstić information content (AvgIpc) is 3.28. The number of hydrogen-bond acceptors (Lipinski definition) is 9. The molecule has 1 atom stereocenters. The number of pyridine rings is 1. The van der Waals surface area contributed by atoms with Crippen LogP contribution in [0, 0.1) is 6.92 Å². The Morgan fingerprint density at radius 3 is 2.88 bits per heavy atom. The van der Waals surface area contributed by atoms with Crippen LogP contribution in [0.2, 0.25) is 0 Å². The fraction of sp³-hybridized carbons (Fsp3) is 0.455. The summed E-state index contributed by atoms with van der Waals surface area (Å²) in [4.78, 5) is 32.9. The quantitative estimate of drug-likeness (QED) is 0.317. The van der Waals surface area contributed by atoms with E-state index in [9.17, 15) is 18.0 Å². The van der Waals surface area contributed by atoms with Crippen LogP contribution in [0.25, 0.3) is 11.7 Å². The van der Waals surface area contributed by atoms with Gasteiger partial charge in [-0.15, -0.1) is 0 Å². The van der Waals surface area contributed by atoms with Crippen molar-refractivity contribution in [2.45, 2.75) is 32.7 Å². The zero-order valence-electron chi connectivity index (χ0n) is 18.9. The third-order valence-corrected chi connectivity index (χ3v) is 8.80. The molecule has 0 saturated carbocycles. The number of anilines is 1. The van der Waals surface area contributed by atoms with E-state index in [-0.39, 0.29) is 33.4 Å². The van der Waals surface area contributed by atoms with Gasteiger partial charge in [0.1, 0.15) is 15.8 Å². The maximum absolute atomic E-state index is 13.4. The summed E-state index contributed by atoms with van der Waals surface area (Å²) in [6, 6.07) is 3.17. The number of nitrogens with zero attached hydrogens (tertiary/aromatic N) is 3. The van der Waals surface area contributed by atoms with E-state index in [1.54, 1.807) is 12.3 Å². The number of carbonyl (C=O) groups excluding carboxylic acids is 1. The highest BCUT2D eigenvalue weighted by Gasteiger charge is 2.42. The molecule has 34 heavy (non-hydrogen) atoms. The van der Waals surface area contributed by atoms with Crippen molar-refractivity contribution in [2.24, 2.45) is 0 Å². The molecule has 0 aliphatic carbocycles. The van der Waals surface area contributed by atoms with E-state index in [1.165, 1.54) is 15.4 Å². The van der Waals surface area contributed by atoms with Crippen LogP contribution in [0.5, 0.6) is 0 Å². The molecule has 1 amide bonds. The highest BCUT2D eigenvalue weighted by molar-refractivity contribution is 8.26. The lowest BCUT2D eigenvalue weighted by Gasteiger charge is -2.20. The lowest BCUT2D eigenvalue weighted by Crippen LogP contribution is -2.39. The van der Waals surface area contributed by atoms with Crippen LogP contribution in [0.15, 0.2) is 28.0 Å². The molecule has 2 saturated heterocycles. The van der Waals surface area contributed by atoms with Gasteiger partial charge < -0.3 is 10.1 Å². The Balaban J connectivity index is 1.70. The SMILES string of the molecule is CCOCCCNc1nc2c(C)cccn2c(=O)c1/C=C1/SC(=S)N(C2CCS(=O)(=O)C2)C1=O. The smallest absolute Gasteiger partial charge is 0.267 e. The third kappa shape index (κ3) is 5.04. The fourth-order valence-electron chi connectivity index (χ4n) is 4.01. The van der Waals surface area contributed by atoms with Crippen molar-refractivity contribution in [3.05, 3.63) is 44.7 Å². The predicted octanol–water partition coefficient (Wildman–Crippen LogP) is 2.23. The topological polar surface area (TPSA) is 110 Å². The Hall–Kier alpha value is -2.28. The summed E-state index contributed by atoms with van der Waals surface area (Å²) in [7, 11) is -3.18. The lowest BCUT2D eigenvalue weighted by atomic mass is 10.2. The third-order valence-electron chi connectivity index (χ3n) is 5.72. The van der Waals surface area contributed by atoms with Gasteiger partial charge >= 0.3 is 0 Å². The molecule has 0 radical (unpaired) electrons. The standard InChI is InChI=1S/C22H26N4O5S3/c1-3-31-10-5-8-23-18-16(20(27)25-9-4-6-14(2)19(25)24-18)12-17-21(28)26(22(32)33-17)15-7-11-34(29,30)13-15/h4,6,9,12,15,23H,3,5,7-8,10-11,13H2,1-2H3/b17-12+. The number of nitrogens with one attached hydrogen (secondary N) is 1. The Morgan fingerprint density at radius 2 is 2.18 bits per heavy atom. The highest BCUT2D eigenvalue weighted by Crippen LogP contribution is 2.36. The van der Waals surface area contributed by atoms with Crippen molar-refractivity contribution in [3.8, 4) is 0 Å². The van der Waals surface area contributed by atoms with E-state index in [4.69, 9.17) is 17.0 Å². The molecule has 2 aliphatic rings. The maximum atomic E-state index is 13.4. The van der Waals surface area contributed by atoms with E-state index in [0.29, 0.717) is 42.0 Å². The minimum atomic E-state index is -3.18. The zero-order valence-corrected chi connectivity index (χ0v) is 21.4. The Kier molecular flexibility index (Phi) is 7.41. The first-order valence-corrected chi connectivity index (χ1v) is 14.1. The van der Waals surface area contributed by atoms with Crippen molar-refractivity contribution in [3.63, 3.8) is 0 Å². The molecule has 0 aromatic carbocycles. The molecule has 182 valence electrons. The van der Waals surface area contributed by atoms with Gasteiger partial charge in [0, 0.05) is 26.0 Å². The summed E-state index contributed by atoms with van der Waals surface area (Å²) in [5.41, 5.74) is 1.31. The number of sulfone groups is 1. The van der Waals surface area contributed by atoms with Crippen molar-refractivity contribution in [2.75, 3.05) is 36.6 Å². The van der Waals surface area contributed by atoms with Crippen LogP contribution in [-0.2, 0) is 19.4 Å². The van der Waals surface area contributed by atoms with E-state index in [1.807, 2.05) is 19.9 Å². The van der Waals surface area contributed by atoms with Gasteiger partial charge in [-0.2, -0.15) is 0 Å². The number of hydrogen-bond donors (Lipinski definition) is 1. The first kappa shape index (κ1) is 24.8. The van der Waals surface area contributed by atoms with E-state index < -0.39 is 15.9 Å². The van der Waals surface area contributed by atoms with Gasteiger partial charge in [0.25, 0.3) is 11.5 Å². The molecule has 1 unspecified atom stereocenters. The minimum absolute atomic E-state index is 0.0406. The molecule has 4 rings (SSSR count). The highest BCUT2D eigenvalue weighted by atomic mass is 32.2. The number of rotatable bonds is 8. The second-order valence-corrected chi connectivity index (χ2v) is 12.1. The van der Waals surface area contributed by atoms with Gasteiger partial charge in [-0.3, -0.25) is 18.9 Å². The van der Waals surface area contributed by atoms with Crippen LogP contribution < -0.4 is 10.9 Å². The summed E-state index contributed by atoms with van der Waals surface area (Å²) >= 11 is 6.47. The molecule has 0 spiro atoms. The second kappa shape index (κ2) is 10.1. The lowest BCUT2D eigenvalue weighted by molar-refractivity contribution is -0.123. The number of carbonyl (C=O) groups is 1. The van der Waals surface area contributed by atoms with Gasteiger partial charge in [0.2, 0.25) is 0 Å². The molecule has 2 aromatic rings. The first-order chi connectivity index (χ1) is 16.2. The molecular formula is C22H26N4O5S3. The van der Waals surface area contributed by atoms with Crippen LogP contribution >= 0.6 is 24.0 Å². The summed E-state index contributed by atoms with van der Waals surface area (Å²) in [6.07, 6.45) is 4.23. The van der Waals surface area contributed by atoms with Gasteiger partial charge in [-0.1, -0.05) is 30.0 Å². The molecule has 4 heterocycles. The summed E-state index contributed by atoms with van der Waals surface area (Å²) < 4.78 is 31.0. The number of aryl methyl sites for hydroxylation is 1. The molecular weight excluding hydrogens is 496 g/mol. The predicted molar refractivity (Wildman–Crippen MR) is 138 cm³/mol. The van der Waals surface area contributed by atoms with Crippen molar-refractivity contribution >= 4 is 61.6 Å². The van der Waals surface area contributed by atoms with E-state index in [2.05, 4.69) is 10.3 Å². The first-order valence-electron chi connectivity index (χ1n) is 11.0. The number of thiocarbonyl (C=S) groups is 1. The fourth-order valence-corrected chi connectivity index (χ4v) is 7.09. The van der Waals surface area contributed by atoms with Crippen LogP contribution in [0.1, 0.15) is 30.9 Å². The summed E-state index contributed by atoms with van der Waals surface area (Å²) in [5.74, 6) is -0.0600. The number of aromatic nitrogens is 2. The number of thioether (sulfide) groups is 1. The normalized spacial score (nSPS) is 21.2. The Morgan fingerprint density at radius 1 is 1.38 bits per heavy atom. The van der Waals surface area contributed by atoms with Crippen molar-refractivity contribution in [1.29, 1.82) is 0 Å². The van der Waals surface area contributed by atoms with Crippen LogP contribution in [0.4, 0.5) is 5.82 Å². The Bertz CT molecular complexity index is 1340. The van der Waals surface area contributed by atoms with E-state index >= 15 is 0 Å². The van der Waals surface area contributed by atoms with Crippen LogP contribution in [0.3, 0.4) is 0 Å². The number of fused-ring (bicyclic) bond motifs is 1. The number of amides is 1. The van der Waals surface area contributed by atoms with Crippen molar-refractivity contribution in [1.82, 2.24) is 14.3 Å². The molecule has 2 aromatic heterocycles. The van der Waals surface area contributed by atoms with Gasteiger partial charge in [-0.25, -0.2) is 13.4 Å². The number of ether oxygens (including phenoxy) is 1. The molecule has 9 nitrogen and oxygen atoms in total. The Labute approximate surface area is 207 Å². The summed E-state index contributed by atoms with van der Waals surface area (Å²) in [5, 5.41) is 3.21. The average molecular weight is 523 g/mol. The molecule has 2 fully saturated rings. The summed E-state index contributed by atoms with van der Waals surface area (Å²) in [6.45, 7) is 5.55. The monoisotopic (exact) mass is 522 g/mol. The molecule has 0 bridgehead atoms. The van der Waals surface area contributed by atoms with Gasteiger partial charge in [0.05, 0.1) is 28.0 Å². The van der Waals surface area contributed by atoms with Crippen molar-refractivity contribution < 1.29 is 17.9 Å². The van der Waals surface area contributed by atoms with Crippen LogP contribution in [-0.4, -0.2) is 70.2 Å². The minimum Gasteiger partial charge on any atom is -0.382 e. The molecule has 2 aliphatic heterocycles. The molecule has 12 heteroatoms.